The lowest BCUT2D eigenvalue weighted by atomic mass is 9.86. The van der Waals surface area contributed by atoms with Crippen molar-refractivity contribution in [3.05, 3.63) is 102 Å². The second-order valence-electron chi connectivity index (χ2n) is 6.76. The average Bonchev–Trinajstić information content (AvgIpc) is 2.83. The summed E-state index contributed by atoms with van der Waals surface area (Å²) in [6.07, 6.45) is 0. The third-order valence-corrected chi connectivity index (χ3v) is 4.74. The third-order valence-electron chi connectivity index (χ3n) is 4.74. The highest BCUT2D eigenvalue weighted by Crippen LogP contribution is 2.24. The van der Waals surface area contributed by atoms with E-state index in [2.05, 4.69) is 10.5 Å². The number of carbonyl (C=O) groups is 2. The fourth-order valence-corrected chi connectivity index (χ4v) is 3.12. The Morgan fingerprint density at radius 3 is 1.81 bits per heavy atom. The van der Waals surface area contributed by atoms with Crippen molar-refractivity contribution in [2.24, 2.45) is 5.10 Å². The van der Waals surface area contributed by atoms with Gasteiger partial charge in [-0.2, -0.15) is 15.6 Å². The number of nitrogens with one attached hydrogen (secondary N) is 1. The van der Waals surface area contributed by atoms with Gasteiger partial charge in [-0.25, -0.2) is 5.43 Å². The first-order valence-electron chi connectivity index (χ1n) is 9.66. The quantitative estimate of drug-likeness (QED) is 0.444. The number of amides is 1. The molecule has 0 fully saturated rings. The second kappa shape index (κ2) is 10.3. The maximum Gasteiger partial charge on any atom is 0.275 e. The van der Waals surface area contributed by atoms with E-state index in [1.165, 1.54) is 12.1 Å². The van der Waals surface area contributed by atoms with E-state index in [0.29, 0.717) is 11.1 Å². The van der Waals surface area contributed by atoms with E-state index in [4.69, 9.17) is 0 Å². The average molecular weight is 422 g/mol. The van der Waals surface area contributed by atoms with Gasteiger partial charge in [0.15, 0.2) is 0 Å². The fraction of sp³-hybridized carbons (Fsp3) is 0.0800. The SMILES string of the molecule is N#CC(C(=O)/C(=N/NC(=O)c1ccccc1O)C(C#N)c1ccccc1)c1ccccc1. The van der Waals surface area contributed by atoms with Crippen LogP contribution in [0.15, 0.2) is 90.0 Å². The highest BCUT2D eigenvalue weighted by atomic mass is 16.3. The van der Waals surface area contributed by atoms with Crippen LogP contribution in [0.3, 0.4) is 0 Å². The highest BCUT2D eigenvalue weighted by Gasteiger charge is 2.32. The summed E-state index contributed by atoms with van der Waals surface area (Å²) < 4.78 is 0. The van der Waals surface area contributed by atoms with Gasteiger partial charge in [-0.15, -0.1) is 0 Å². The lowest BCUT2D eigenvalue weighted by molar-refractivity contribution is -0.113. The summed E-state index contributed by atoms with van der Waals surface area (Å²) in [6.45, 7) is 0. The van der Waals surface area contributed by atoms with Crippen molar-refractivity contribution in [1.29, 1.82) is 10.5 Å². The Labute approximate surface area is 184 Å². The molecule has 2 unspecified atom stereocenters. The maximum atomic E-state index is 13.4. The lowest BCUT2D eigenvalue weighted by Gasteiger charge is -2.15. The van der Waals surface area contributed by atoms with Crippen LogP contribution in [0, 0.1) is 22.7 Å². The van der Waals surface area contributed by atoms with Crippen molar-refractivity contribution in [2.75, 3.05) is 0 Å². The molecule has 0 aliphatic rings. The van der Waals surface area contributed by atoms with E-state index in [-0.39, 0.29) is 17.0 Å². The van der Waals surface area contributed by atoms with Crippen LogP contribution >= 0.6 is 0 Å². The molecule has 0 saturated heterocycles. The minimum absolute atomic E-state index is 0.0452. The summed E-state index contributed by atoms with van der Waals surface area (Å²) in [4.78, 5) is 25.9. The number of para-hydroxylation sites is 1. The Balaban J connectivity index is 2.03. The molecule has 2 atom stereocenters. The summed E-state index contributed by atoms with van der Waals surface area (Å²) >= 11 is 0. The normalized spacial score (nSPS) is 12.6. The maximum absolute atomic E-state index is 13.4. The molecular formula is C25H18N4O3. The number of hydrogen-bond acceptors (Lipinski definition) is 6. The Bertz CT molecular complexity index is 1230. The first kappa shape index (κ1) is 21.9. The van der Waals surface area contributed by atoms with Gasteiger partial charge in [-0.3, -0.25) is 9.59 Å². The van der Waals surface area contributed by atoms with Crippen molar-refractivity contribution in [2.45, 2.75) is 11.8 Å². The smallest absolute Gasteiger partial charge is 0.275 e. The van der Waals surface area contributed by atoms with Gasteiger partial charge in [0.05, 0.1) is 17.7 Å². The second-order valence-corrected chi connectivity index (χ2v) is 6.76. The van der Waals surface area contributed by atoms with E-state index in [9.17, 15) is 25.2 Å². The molecule has 156 valence electrons. The van der Waals surface area contributed by atoms with Gasteiger partial charge in [0, 0.05) is 0 Å². The zero-order valence-corrected chi connectivity index (χ0v) is 16.8. The van der Waals surface area contributed by atoms with Crippen LogP contribution in [0.1, 0.15) is 33.3 Å². The number of phenolic OH excluding ortho intramolecular Hbond substituents is 1. The Kier molecular flexibility index (Phi) is 7.09. The number of rotatable bonds is 7. The molecular weight excluding hydrogens is 404 g/mol. The number of carbonyl (C=O) groups excluding carboxylic acids is 2. The number of benzene rings is 3. The van der Waals surface area contributed by atoms with E-state index in [0.717, 1.165) is 0 Å². The predicted molar refractivity (Wildman–Crippen MR) is 118 cm³/mol. The molecule has 0 bridgehead atoms. The van der Waals surface area contributed by atoms with Crippen LogP contribution in [0.4, 0.5) is 0 Å². The van der Waals surface area contributed by atoms with Crippen LogP contribution in [0.5, 0.6) is 5.75 Å². The van der Waals surface area contributed by atoms with Crippen molar-refractivity contribution in [3.63, 3.8) is 0 Å². The minimum Gasteiger partial charge on any atom is -0.507 e. The Morgan fingerprint density at radius 2 is 1.28 bits per heavy atom. The molecule has 32 heavy (non-hydrogen) atoms. The van der Waals surface area contributed by atoms with Gasteiger partial charge in [0.25, 0.3) is 5.91 Å². The van der Waals surface area contributed by atoms with Crippen LogP contribution in [0.25, 0.3) is 0 Å². The topological polar surface area (TPSA) is 126 Å². The van der Waals surface area contributed by atoms with Crippen molar-refractivity contribution in [3.8, 4) is 17.9 Å². The molecule has 0 aromatic heterocycles. The number of phenols is 1. The summed E-state index contributed by atoms with van der Waals surface area (Å²) in [5.41, 5.74) is 2.86. The standard InChI is InChI=1S/C25H18N4O3/c26-15-20(17-9-3-1-4-10-17)23(24(31)21(16-27)18-11-5-2-6-12-18)28-29-25(32)19-13-7-8-14-22(19)30/h1-14,20-21,30H,(H,29,32)/b28-23+. The molecule has 7 heteroatoms. The van der Waals surface area contributed by atoms with Gasteiger partial charge < -0.3 is 5.11 Å². The number of aromatic hydroxyl groups is 1. The van der Waals surface area contributed by atoms with Gasteiger partial charge in [-0.05, 0) is 23.3 Å². The molecule has 0 aliphatic carbocycles. The molecule has 3 aromatic rings. The molecule has 3 rings (SSSR count). The van der Waals surface area contributed by atoms with Gasteiger partial charge >= 0.3 is 0 Å². The van der Waals surface area contributed by atoms with Crippen LogP contribution < -0.4 is 5.43 Å². The molecule has 0 radical (unpaired) electrons. The Morgan fingerprint density at radius 1 is 0.781 bits per heavy atom. The number of hydrazone groups is 1. The molecule has 0 aliphatic heterocycles. The largest absolute Gasteiger partial charge is 0.507 e. The van der Waals surface area contributed by atoms with Crippen LogP contribution in [0.2, 0.25) is 0 Å². The van der Waals surface area contributed by atoms with Crippen molar-refractivity contribution < 1.29 is 14.7 Å². The van der Waals surface area contributed by atoms with Crippen LogP contribution in [-0.2, 0) is 4.79 Å². The monoisotopic (exact) mass is 422 g/mol. The lowest BCUT2D eigenvalue weighted by Crippen LogP contribution is -2.30. The minimum atomic E-state index is -1.21. The summed E-state index contributed by atoms with van der Waals surface area (Å²) in [7, 11) is 0. The molecule has 7 nitrogen and oxygen atoms in total. The number of ketones is 1. The van der Waals surface area contributed by atoms with Gasteiger partial charge in [-0.1, -0.05) is 72.8 Å². The van der Waals surface area contributed by atoms with E-state index in [1.54, 1.807) is 72.8 Å². The van der Waals surface area contributed by atoms with E-state index in [1.807, 2.05) is 12.1 Å². The molecule has 1 amide bonds. The van der Waals surface area contributed by atoms with Crippen molar-refractivity contribution in [1.82, 2.24) is 5.43 Å². The summed E-state index contributed by atoms with van der Waals surface area (Å²) in [5, 5.41) is 33.4. The fourth-order valence-electron chi connectivity index (χ4n) is 3.12. The third kappa shape index (κ3) is 4.86. The zero-order valence-electron chi connectivity index (χ0n) is 16.8. The van der Waals surface area contributed by atoms with Crippen LogP contribution in [-0.4, -0.2) is 22.5 Å². The Hall–Kier alpha value is -4.75. The van der Waals surface area contributed by atoms with Gasteiger partial charge in [0.2, 0.25) is 5.78 Å². The van der Waals surface area contributed by atoms with Gasteiger partial charge in [0.1, 0.15) is 23.3 Å². The molecule has 0 spiro atoms. The predicted octanol–water partition coefficient (Wildman–Crippen LogP) is 3.66. The molecule has 0 saturated carbocycles. The zero-order chi connectivity index (χ0) is 22.9. The molecule has 3 aromatic carbocycles. The highest BCUT2D eigenvalue weighted by molar-refractivity contribution is 6.45. The first-order chi connectivity index (χ1) is 15.6. The number of nitriles is 2. The van der Waals surface area contributed by atoms with Crippen molar-refractivity contribution >= 4 is 17.4 Å². The summed E-state index contributed by atoms with van der Waals surface area (Å²) in [5.74, 6) is -4.05. The first-order valence-corrected chi connectivity index (χ1v) is 9.66. The number of hydrogen-bond donors (Lipinski definition) is 2. The number of nitrogens with zero attached hydrogens (tertiary/aromatic N) is 3. The summed E-state index contributed by atoms with van der Waals surface area (Å²) in [6, 6.07) is 26.8. The van der Waals surface area contributed by atoms with E-state index >= 15 is 0 Å². The molecule has 2 N–H and O–H groups in total. The molecule has 0 heterocycles. The van der Waals surface area contributed by atoms with E-state index < -0.39 is 23.5 Å². The number of Topliss-reactive ketones (excluding diaryl/α,β-unsaturated/α-hetero) is 1.